The van der Waals surface area contributed by atoms with E-state index in [1.165, 1.54) is 11.0 Å². The van der Waals surface area contributed by atoms with Crippen LogP contribution in [0.4, 0.5) is 25.8 Å². The Morgan fingerprint density at radius 1 is 0.954 bits per heavy atom. The number of primary amides is 1. The molecular formula is C47H69N7O10Si. The van der Waals surface area contributed by atoms with Crippen LogP contribution in [0.2, 0.25) is 16.6 Å². The third-order valence-corrected chi connectivity index (χ3v) is 19.1. The van der Waals surface area contributed by atoms with Crippen LogP contribution in [0.5, 0.6) is 5.75 Å². The molecule has 2 aliphatic heterocycles. The molecule has 2 aromatic carbocycles. The van der Waals surface area contributed by atoms with E-state index < -0.39 is 62.7 Å². The number of alkyl carbamates (subject to hydrolysis) is 1. The van der Waals surface area contributed by atoms with Gasteiger partial charge in [0.2, 0.25) is 11.8 Å². The zero-order valence-corrected chi connectivity index (χ0v) is 40.3. The summed E-state index contributed by atoms with van der Waals surface area (Å²) in [4.78, 5) is 82.1. The van der Waals surface area contributed by atoms with Crippen LogP contribution >= 0.6 is 0 Å². The van der Waals surface area contributed by atoms with Crippen molar-refractivity contribution >= 4 is 55.6 Å². The molecule has 1 saturated heterocycles. The number of ether oxygens (including phenoxy) is 2. The maximum atomic E-state index is 14.3. The monoisotopic (exact) mass is 919 g/mol. The van der Waals surface area contributed by atoms with Crippen LogP contribution in [-0.2, 0) is 25.7 Å². The molecule has 18 heteroatoms. The van der Waals surface area contributed by atoms with Crippen LogP contribution in [0.3, 0.4) is 0 Å². The SMILES string of the molecule is C=CCOC(=O)N[C@H](C(=O)NC(CCCNC(N)=O)C(=O)Nc1ccc(COC(=O)N2c3cc(O[Si](C(C)C)(C(C)C)C(C)C)c(C)cc3C(=O)N3CC4(CC4)C[C@H]3C2O)cc1)C(C)C. The Kier molecular flexibility index (Phi) is 16.4. The molecule has 2 unspecified atom stereocenters. The van der Waals surface area contributed by atoms with Crippen LogP contribution in [0.25, 0.3) is 0 Å². The summed E-state index contributed by atoms with van der Waals surface area (Å²) >= 11 is 0. The maximum Gasteiger partial charge on any atom is 0.416 e. The Hall–Kier alpha value is -5.62. The smallest absolute Gasteiger partial charge is 0.416 e. The van der Waals surface area contributed by atoms with E-state index in [0.29, 0.717) is 42.0 Å². The number of aliphatic hydroxyl groups is 1. The van der Waals surface area contributed by atoms with E-state index >= 15 is 0 Å². The molecule has 1 saturated carbocycles. The molecule has 5 rings (SSSR count). The lowest BCUT2D eigenvalue weighted by Crippen LogP contribution is -2.54. The molecule has 17 nitrogen and oxygen atoms in total. The van der Waals surface area contributed by atoms with Crippen molar-refractivity contribution in [2.75, 3.05) is 29.9 Å². The van der Waals surface area contributed by atoms with E-state index in [2.05, 4.69) is 69.4 Å². The minimum atomic E-state index is -2.47. The van der Waals surface area contributed by atoms with E-state index in [9.17, 15) is 33.9 Å². The lowest BCUT2D eigenvalue weighted by molar-refractivity contribution is -0.128. The number of rotatable bonds is 19. The Morgan fingerprint density at radius 3 is 2.17 bits per heavy atom. The number of hydrogen-bond acceptors (Lipinski definition) is 10. The fourth-order valence-corrected chi connectivity index (χ4v) is 14.8. The minimum Gasteiger partial charge on any atom is -0.542 e. The number of anilines is 2. The molecule has 1 aliphatic carbocycles. The number of benzene rings is 2. The predicted molar refractivity (Wildman–Crippen MR) is 250 cm³/mol. The van der Waals surface area contributed by atoms with Gasteiger partial charge in [-0.2, -0.15) is 0 Å². The van der Waals surface area contributed by atoms with Gasteiger partial charge in [0.1, 0.15) is 31.0 Å². The van der Waals surface area contributed by atoms with Crippen LogP contribution in [0, 0.1) is 18.3 Å². The van der Waals surface area contributed by atoms with Gasteiger partial charge in [0.25, 0.3) is 14.2 Å². The van der Waals surface area contributed by atoms with Gasteiger partial charge in [-0.3, -0.25) is 14.4 Å². The molecule has 0 aromatic heterocycles. The molecule has 356 valence electrons. The van der Waals surface area contributed by atoms with Gasteiger partial charge in [0.15, 0.2) is 6.23 Å². The maximum absolute atomic E-state index is 14.3. The van der Waals surface area contributed by atoms with E-state index in [1.54, 1.807) is 55.1 Å². The summed E-state index contributed by atoms with van der Waals surface area (Å²) in [6.45, 7) is 22.4. The number of fused-ring (bicyclic) bond motifs is 2. The van der Waals surface area contributed by atoms with Crippen molar-refractivity contribution in [3.63, 3.8) is 0 Å². The Morgan fingerprint density at radius 2 is 1.60 bits per heavy atom. The molecule has 7 amide bonds. The molecule has 2 heterocycles. The normalized spacial score (nSPS) is 18.4. The summed E-state index contributed by atoms with van der Waals surface area (Å²) in [5, 5.41) is 22.6. The second kappa shape index (κ2) is 21.1. The molecule has 0 radical (unpaired) electrons. The van der Waals surface area contributed by atoms with Gasteiger partial charge in [-0.1, -0.05) is 80.2 Å². The highest BCUT2D eigenvalue weighted by Crippen LogP contribution is 2.57. The number of nitrogens with zero attached hydrogens (tertiary/aromatic N) is 2. The number of aliphatic hydroxyl groups excluding tert-OH is 1. The topological polar surface area (TPSA) is 231 Å². The van der Waals surface area contributed by atoms with Gasteiger partial charge in [-0.05, 0) is 96.3 Å². The van der Waals surface area contributed by atoms with Gasteiger partial charge in [0.05, 0.1) is 17.3 Å². The first-order valence-electron chi connectivity index (χ1n) is 22.7. The highest BCUT2D eigenvalue weighted by atomic mass is 28.4. The standard InChI is InChI=1S/C47H69N7O10Si/c1-11-21-62-45(60)52-39(27(2)3)41(56)51-35(13-12-20-49-44(48)59)40(55)50-33-16-14-32(15-17-33)25-63-46(61)54-36-23-38(64-65(28(4)5,29(6)7)30(8)9)31(10)22-34(36)42(57)53-26-47(18-19-47)24-37(53)43(54)58/h11,14-17,22-23,27-30,35,37,39,43,58H,1,12-13,18-21,24-26H2,2-10H3,(H,50,55)(H,51,56)(H,52,60)(H3,48,49,59)/t35?,37-,39-,43?/m0/s1. The molecule has 7 N–H and O–H groups in total. The van der Waals surface area contributed by atoms with Gasteiger partial charge in [-0.15, -0.1) is 0 Å². The Bertz CT molecular complexity index is 2070. The van der Waals surface area contributed by atoms with Crippen molar-refractivity contribution in [1.29, 1.82) is 0 Å². The number of aryl methyl sites for hydroxylation is 1. The molecule has 0 bridgehead atoms. The number of nitrogens with two attached hydrogens (primary N) is 1. The fourth-order valence-electron chi connectivity index (χ4n) is 9.52. The third-order valence-electron chi connectivity index (χ3n) is 13.1. The largest absolute Gasteiger partial charge is 0.542 e. The first kappa shape index (κ1) is 50.4. The number of carbonyl (C=O) groups excluding carboxylic acids is 6. The molecule has 65 heavy (non-hydrogen) atoms. The zero-order chi connectivity index (χ0) is 48.0. The van der Waals surface area contributed by atoms with Crippen molar-refractivity contribution in [3.8, 4) is 5.75 Å². The van der Waals surface area contributed by atoms with E-state index in [-0.39, 0.29) is 65.7 Å². The fraction of sp³-hybridized carbons (Fsp3) is 0.574. The summed E-state index contributed by atoms with van der Waals surface area (Å²) in [5.74, 6) is -1.19. The van der Waals surface area contributed by atoms with Crippen molar-refractivity contribution in [2.24, 2.45) is 17.1 Å². The summed E-state index contributed by atoms with van der Waals surface area (Å²) in [5.41, 5.74) is 8.20. The molecule has 2 aromatic rings. The van der Waals surface area contributed by atoms with Crippen molar-refractivity contribution < 1.29 is 47.8 Å². The van der Waals surface area contributed by atoms with Crippen LogP contribution in [0.15, 0.2) is 49.1 Å². The third kappa shape index (κ3) is 11.6. The van der Waals surface area contributed by atoms with Crippen molar-refractivity contribution in [1.82, 2.24) is 20.9 Å². The van der Waals surface area contributed by atoms with Crippen molar-refractivity contribution in [3.05, 3.63) is 65.7 Å². The highest BCUT2D eigenvalue weighted by molar-refractivity contribution is 6.78. The van der Waals surface area contributed by atoms with Gasteiger partial charge in [-0.25, -0.2) is 19.3 Å². The predicted octanol–water partition coefficient (Wildman–Crippen LogP) is 6.83. The lowest BCUT2D eigenvalue weighted by Gasteiger charge is -2.42. The summed E-state index contributed by atoms with van der Waals surface area (Å²) < 4.78 is 18.0. The summed E-state index contributed by atoms with van der Waals surface area (Å²) in [7, 11) is -2.47. The number of urea groups is 1. The summed E-state index contributed by atoms with van der Waals surface area (Å²) in [6, 6.07) is 6.63. The number of hydrogen-bond donors (Lipinski definition) is 6. The van der Waals surface area contributed by atoms with Crippen molar-refractivity contribution in [2.45, 2.75) is 142 Å². The number of carbonyl (C=O) groups is 6. The molecule has 2 fully saturated rings. The average Bonchev–Trinajstić information content (AvgIpc) is 3.91. The highest BCUT2D eigenvalue weighted by Gasteiger charge is 2.58. The number of amides is 7. The van der Waals surface area contributed by atoms with Gasteiger partial charge in [0, 0.05) is 24.8 Å². The van der Waals surface area contributed by atoms with Gasteiger partial charge < -0.3 is 50.9 Å². The van der Waals surface area contributed by atoms with E-state index in [1.807, 2.05) is 6.92 Å². The quantitative estimate of drug-likeness (QED) is 0.0489. The molecule has 1 spiro atoms. The van der Waals surface area contributed by atoms with Crippen LogP contribution in [0.1, 0.15) is 109 Å². The Balaban J connectivity index is 1.34. The Labute approximate surface area is 383 Å². The van der Waals surface area contributed by atoms with Gasteiger partial charge >= 0.3 is 18.2 Å². The molecule has 3 aliphatic rings. The van der Waals surface area contributed by atoms with Crippen LogP contribution in [-0.4, -0.2) is 98.3 Å². The first-order valence-corrected chi connectivity index (χ1v) is 24.8. The second-order valence-electron chi connectivity index (χ2n) is 19.0. The number of nitrogens with one attached hydrogen (secondary N) is 4. The second-order valence-corrected chi connectivity index (χ2v) is 24.4. The molecular weight excluding hydrogens is 851 g/mol. The summed E-state index contributed by atoms with van der Waals surface area (Å²) in [6.07, 6.45) is 1.28. The zero-order valence-electron chi connectivity index (χ0n) is 39.3. The van der Waals surface area contributed by atoms with Crippen LogP contribution < -0.4 is 36.3 Å². The minimum absolute atomic E-state index is 0.0522. The molecule has 4 atom stereocenters. The average molecular weight is 920 g/mol. The first-order chi connectivity index (χ1) is 30.6. The lowest BCUT2D eigenvalue weighted by atomic mass is 10.0. The van der Waals surface area contributed by atoms with E-state index in [0.717, 1.165) is 18.4 Å². The van der Waals surface area contributed by atoms with E-state index in [4.69, 9.17) is 19.6 Å².